The molecule has 0 aliphatic carbocycles. The predicted octanol–water partition coefficient (Wildman–Crippen LogP) is 3.87. The van der Waals surface area contributed by atoms with E-state index in [0.29, 0.717) is 6.54 Å². The third kappa shape index (κ3) is 3.16. The van der Waals surface area contributed by atoms with Gasteiger partial charge in [0.2, 0.25) is 5.13 Å². The molecule has 0 radical (unpaired) electrons. The fraction of sp³-hybridized carbons (Fsp3) is 0.0588. The normalized spacial score (nSPS) is 10.7. The van der Waals surface area contributed by atoms with Crippen LogP contribution in [-0.2, 0) is 6.54 Å². The van der Waals surface area contributed by atoms with Crippen LogP contribution in [0.3, 0.4) is 0 Å². The fourth-order valence-corrected chi connectivity index (χ4v) is 2.90. The van der Waals surface area contributed by atoms with E-state index in [1.54, 1.807) is 6.20 Å². The zero-order valence-electron chi connectivity index (χ0n) is 12.6. The van der Waals surface area contributed by atoms with Gasteiger partial charge in [0.15, 0.2) is 10.8 Å². The molecule has 1 aromatic carbocycles. The highest BCUT2D eigenvalue weighted by Crippen LogP contribution is 2.25. The number of anilines is 1. The summed E-state index contributed by atoms with van der Waals surface area (Å²) in [5, 5.41) is 17.1. The van der Waals surface area contributed by atoms with Gasteiger partial charge in [-0.3, -0.25) is 4.98 Å². The quantitative estimate of drug-likeness (QED) is 0.596. The van der Waals surface area contributed by atoms with Gasteiger partial charge in [0, 0.05) is 17.8 Å². The average molecular weight is 335 g/mol. The molecule has 0 saturated carbocycles. The first-order valence-corrected chi connectivity index (χ1v) is 8.20. The van der Waals surface area contributed by atoms with Gasteiger partial charge in [0.05, 0.1) is 6.54 Å². The van der Waals surface area contributed by atoms with Crippen LogP contribution in [0.1, 0.15) is 5.69 Å². The molecule has 0 amide bonds. The zero-order valence-corrected chi connectivity index (χ0v) is 13.4. The Bertz CT molecular complexity index is 843. The standard InChI is InChI=1S/C17H13N5OS/c1-2-6-12(7-3-1)15-10-13(22-23-15)11-19-17-21-20-16(24-17)14-8-4-5-9-18-14/h1-10H,11H2,(H,19,21). The van der Waals surface area contributed by atoms with Crippen molar-refractivity contribution in [3.8, 4) is 22.0 Å². The Morgan fingerprint density at radius 3 is 2.71 bits per heavy atom. The molecule has 0 atom stereocenters. The summed E-state index contributed by atoms with van der Waals surface area (Å²) in [6.07, 6.45) is 1.74. The van der Waals surface area contributed by atoms with Gasteiger partial charge >= 0.3 is 0 Å². The molecule has 3 aromatic heterocycles. The summed E-state index contributed by atoms with van der Waals surface area (Å²) >= 11 is 1.45. The number of nitrogens with zero attached hydrogens (tertiary/aromatic N) is 4. The highest BCUT2D eigenvalue weighted by Gasteiger charge is 2.09. The van der Waals surface area contributed by atoms with Gasteiger partial charge in [-0.1, -0.05) is 52.9 Å². The van der Waals surface area contributed by atoms with E-state index in [1.165, 1.54) is 11.3 Å². The van der Waals surface area contributed by atoms with E-state index in [2.05, 4.69) is 25.7 Å². The van der Waals surface area contributed by atoms with E-state index in [9.17, 15) is 0 Å². The topological polar surface area (TPSA) is 76.7 Å². The lowest BCUT2D eigenvalue weighted by Crippen LogP contribution is -1.98. The number of benzene rings is 1. The van der Waals surface area contributed by atoms with E-state index in [4.69, 9.17) is 4.52 Å². The summed E-state index contributed by atoms with van der Waals surface area (Å²) in [5.74, 6) is 0.749. The molecule has 4 aromatic rings. The number of nitrogens with one attached hydrogen (secondary N) is 1. The number of hydrogen-bond donors (Lipinski definition) is 1. The second-order valence-corrected chi connectivity index (χ2v) is 6.01. The highest BCUT2D eigenvalue weighted by atomic mass is 32.1. The lowest BCUT2D eigenvalue weighted by atomic mass is 10.2. The first kappa shape index (κ1) is 14.5. The first-order valence-electron chi connectivity index (χ1n) is 7.38. The summed E-state index contributed by atoms with van der Waals surface area (Å²) < 4.78 is 5.38. The van der Waals surface area contributed by atoms with Gasteiger partial charge < -0.3 is 9.84 Å². The molecule has 0 spiro atoms. The van der Waals surface area contributed by atoms with Gasteiger partial charge in [0.1, 0.15) is 11.4 Å². The maximum atomic E-state index is 5.38. The van der Waals surface area contributed by atoms with Crippen molar-refractivity contribution in [1.29, 1.82) is 0 Å². The largest absolute Gasteiger partial charge is 0.356 e. The van der Waals surface area contributed by atoms with Crippen molar-refractivity contribution in [2.24, 2.45) is 0 Å². The molecule has 0 saturated heterocycles. The molecule has 0 fully saturated rings. The molecular formula is C17H13N5OS. The maximum absolute atomic E-state index is 5.38. The van der Waals surface area contributed by atoms with Gasteiger partial charge in [0.25, 0.3) is 0 Å². The minimum atomic E-state index is 0.521. The molecule has 3 heterocycles. The van der Waals surface area contributed by atoms with Crippen LogP contribution >= 0.6 is 11.3 Å². The Balaban J connectivity index is 1.43. The molecular weight excluding hydrogens is 322 g/mol. The summed E-state index contributed by atoms with van der Waals surface area (Å²) in [6, 6.07) is 17.5. The fourth-order valence-electron chi connectivity index (χ4n) is 2.19. The van der Waals surface area contributed by atoms with Gasteiger partial charge in [-0.2, -0.15) is 0 Å². The van der Waals surface area contributed by atoms with Crippen molar-refractivity contribution in [2.75, 3.05) is 5.32 Å². The Labute approximate surface area is 142 Å². The van der Waals surface area contributed by atoms with E-state index < -0.39 is 0 Å². The van der Waals surface area contributed by atoms with Gasteiger partial charge in [-0.25, -0.2) is 0 Å². The van der Waals surface area contributed by atoms with Crippen LogP contribution in [-0.4, -0.2) is 20.3 Å². The van der Waals surface area contributed by atoms with Crippen molar-refractivity contribution in [1.82, 2.24) is 20.3 Å². The van der Waals surface area contributed by atoms with Gasteiger partial charge in [-0.15, -0.1) is 10.2 Å². The molecule has 0 unspecified atom stereocenters. The van der Waals surface area contributed by atoms with Crippen LogP contribution in [0.5, 0.6) is 0 Å². The highest BCUT2D eigenvalue weighted by molar-refractivity contribution is 7.18. The Morgan fingerprint density at radius 2 is 1.88 bits per heavy atom. The van der Waals surface area contributed by atoms with E-state index in [0.717, 1.165) is 32.9 Å². The molecule has 0 aliphatic rings. The zero-order chi connectivity index (χ0) is 16.2. The molecule has 1 N–H and O–H groups in total. The van der Waals surface area contributed by atoms with Crippen molar-refractivity contribution >= 4 is 16.5 Å². The first-order chi connectivity index (χ1) is 11.9. The Kier molecular flexibility index (Phi) is 3.99. The smallest absolute Gasteiger partial charge is 0.206 e. The van der Waals surface area contributed by atoms with Crippen LogP contribution in [0.4, 0.5) is 5.13 Å². The summed E-state index contributed by atoms with van der Waals surface area (Å²) in [5.41, 5.74) is 2.63. The molecule has 0 bridgehead atoms. The van der Waals surface area contributed by atoms with Crippen molar-refractivity contribution in [3.05, 3.63) is 66.5 Å². The maximum Gasteiger partial charge on any atom is 0.206 e. The lowest BCUT2D eigenvalue weighted by molar-refractivity contribution is 0.424. The predicted molar refractivity (Wildman–Crippen MR) is 92.4 cm³/mol. The summed E-state index contributed by atoms with van der Waals surface area (Å²) in [6.45, 7) is 0.521. The van der Waals surface area contributed by atoms with Crippen molar-refractivity contribution in [3.63, 3.8) is 0 Å². The SMILES string of the molecule is c1ccc(-c2cc(CNc3nnc(-c4ccccn4)s3)no2)cc1. The minimum Gasteiger partial charge on any atom is -0.356 e. The third-order valence-corrected chi connectivity index (χ3v) is 4.25. The number of hydrogen-bond acceptors (Lipinski definition) is 7. The van der Waals surface area contributed by atoms with Crippen LogP contribution in [0, 0.1) is 0 Å². The van der Waals surface area contributed by atoms with Gasteiger partial charge in [-0.05, 0) is 12.1 Å². The average Bonchev–Trinajstić information content (AvgIpc) is 3.31. The van der Waals surface area contributed by atoms with Crippen molar-refractivity contribution < 1.29 is 4.52 Å². The molecule has 6 nitrogen and oxygen atoms in total. The van der Waals surface area contributed by atoms with Crippen LogP contribution < -0.4 is 5.32 Å². The van der Waals surface area contributed by atoms with Crippen LogP contribution in [0.25, 0.3) is 22.0 Å². The molecule has 118 valence electrons. The van der Waals surface area contributed by atoms with E-state index in [-0.39, 0.29) is 0 Å². The number of pyridine rings is 1. The summed E-state index contributed by atoms with van der Waals surface area (Å²) in [4.78, 5) is 4.27. The van der Waals surface area contributed by atoms with E-state index in [1.807, 2.05) is 54.6 Å². The Morgan fingerprint density at radius 1 is 1.00 bits per heavy atom. The van der Waals surface area contributed by atoms with Crippen molar-refractivity contribution in [2.45, 2.75) is 6.54 Å². The molecule has 24 heavy (non-hydrogen) atoms. The monoisotopic (exact) mass is 335 g/mol. The number of aromatic nitrogens is 4. The second-order valence-electron chi connectivity index (χ2n) is 5.03. The molecule has 4 rings (SSSR count). The van der Waals surface area contributed by atoms with Crippen LogP contribution in [0.2, 0.25) is 0 Å². The lowest BCUT2D eigenvalue weighted by Gasteiger charge is -1.96. The Hall–Kier alpha value is -3.06. The summed E-state index contributed by atoms with van der Waals surface area (Å²) in [7, 11) is 0. The molecule has 7 heteroatoms. The third-order valence-electron chi connectivity index (χ3n) is 3.35. The number of rotatable bonds is 5. The molecule has 0 aliphatic heterocycles. The van der Waals surface area contributed by atoms with Crippen LogP contribution in [0.15, 0.2) is 65.3 Å². The minimum absolute atomic E-state index is 0.521. The second kappa shape index (κ2) is 6.59. The van der Waals surface area contributed by atoms with E-state index >= 15 is 0 Å².